The molecule has 2 aliphatic carbocycles. The molecule has 0 radical (unpaired) electrons. The van der Waals surface area contributed by atoms with E-state index in [1.54, 1.807) is 49.8 Å². The lowest BCUT2D eigenvalue weighted by molar-refractivity contribution is -0.244. The second kappa shape index (κ2) is 11.5. The molecule has 15 heteroatoms. The fourth-order valence-electron chi connectivity index (χ4n) is 6.59. The fraction of sp³-hybridized carbons (Fsp3) is 0.364. The normalized spacial score (nSPS) is 18.6. The van der Waals surface area contributed by atoms with E-state index >= 15 is 0 Å². The first-order chi connectivity index (χ1) is 22.9. The van der Waals surface area contributed by atoms with Gasteiger partial charge in [0.15, 0.2) is 0 Å². The number of benzene rings is 2. The number of nitrogens with one attached hydrogen (secondary N) is 4. The molecule has 250 valence electrons. The molecule has 1 atom stereocenters. The van der Waals surface area contributed by atoms with Crippen LogP contribution in [-0.4, -0.2) is 39.2 Å². The first-order valence-corrected chi connectivity index (χ1v) is 15.7. The van der Waals surface area contributed by atoms with Crippen molar-refractivity contribution < 1.29 is 22.0 Å². The van der Waals surface area contributed by atoms with Crippen molar-refractivity contribution >= 4 is 44.7 Å². The monoisotopic (exact) mass is 684 g/mol. The van der Waals surface area contributed by atoms with Gasteiger partial charge < -0.3 is 20.6 Å². The number of halogens is 6. The van der Waals surface area contributed by atoms with Crippen LogP contribution in [-0.2, 0) is 7.05 Å². The topological polar surface area (TPSA) is 110 Å². The van der Waals surface area contributed by atoms with Crippen molar-refractivity contribution in [1.29, 1.82) is 5.26 Å². The van der Waals surface area contributed by atoms with Crippen molar-refractivity contribution in [2.24, 2.45) is 12.5 Å². The van der Waals surface area contributed by atoms with E-state index < -0.39 is 36.1 Å². The van der Waals surface area contributed by atoms with Crippen LogP contribution in [0.2, 0.25) is 5.02 Å². The lowest BCUT2D eigenvalue weighted by Crippen LogP contribution is -2.48. The summed E-state index contributed by atoms with van der Waals surface area (Å²) in [6.45, 7) is -0.419. The average Bonchev–Trinajstić information content (AvgIpc) is 3.70. The molecule has 0 unspecified atom stereocenters. The Bertz CT molecular complexity index is 2070. The van der Waals surface area contributed by atoms with Gasteiger partial charge in [0, 0.05) is 48.6 Å². The Labute approximate surface area is 276 Å². The van der Waals surface area contributed by atoms with Gasteiger partial charge in [0.05, 0.1) is 38.9 Å². The molecule has 3 aliphatic rings. The fourth-order valence-corrected chi connectivity index (χ4v) is 6.86. The summed E-state index contributed by atoms with van der Waals surface area (Å²) < 4.78 is 71.6. The third kappa shape index (κ3) is 5.16. The zero-order valence-corrected chi connectivity index (χ0v) is 26.3. The second-order valence-corrected chi connectivity index (χ2v) is 13.1. The number of aromatic nitrogens is 2. The van der Waals surface area contributed by atoms with Crippen LogP contribution in [0.3, 0.4) is 0 Å². The molecule has 0 spiro atoms. The molecule has 1 aliphatic heterocycles. The lowest BCUT2D eigenvalue weighted by atomic mass is 9.68. The molecule has 9 nitrogen and oxygen atoms in total. The van der Waals surface area contributed by atoms with E-state index in [1.165, 1.54) is 15.8 Å². The molecule has 2 saturated carbocycles. The van der Waals surface area contributed by atoms with E-state index in [0.717, 1.165) is 0 Å². The maximum Gasteiger partial charge on any atom is 0.396 e. The van der Waals surface area contributed by atoms with Gasteiger partial charge in [-0.15, -0.1) is 5.53 Å². The Hall–Kier alpha value is -4.61. The molecule has 4 N–H and O–H groups in total. The Balaban J connectivity index is 1.33. The highest BCUT2D eigenvalue weighted by Gasteiger charge is 2.58. The predicted octanol–water partition coefficient (Wildman–Crippen LogP) is 6.87. The van der Waals surface area contributed by atoms with E-state index in [9.17, 15) is 32.0 Å². The number of hydrogen-bond acceptors (Lipinski definition) is 8. The number of nitriles is 1. The molecule has 3 heterocycles. The highest BCUT2D eigenvalue weighted by Crippen LogP contribution is 2.53. The van der Waals surface area contributed by atoms with Crippen molar-refractivity contribution in [2.75, 3.05) is 17.2 Å². The molecule has 2 aromatic heterocycles. The first-order valence-electron chi connectivity index (χ1n) is 15.4. The van der Waals surface area contributed by atoms with Gasteiger partial charge in [-0.05, 0) is 60.9 Å². The van der Waals surface area contributed by atoms with Crippen LogP contribution in [0, 0.1) is 16.7 Å². The van der Waals surface area contributed by atoms with E-state index in [2.05, 4.69) is 26.6 Å². The van der Waals surface area contributed by atoms with Gasteiger partial charge in [0.2, 0.25) is 0 Å². The number of pyridine rings is 2. The molecule has 0 saturated heterocycles. The summed E-state index contributed by atoms with van der Waals surface area (Å²) in [5.74, 6) is 0. The standard InChI is InChI=1S/C33H30ClF5N8O/c1-46-11-6-20-21(4-2-5-22(20)29(46)48)28(25-16-47(45-44-25)32(9-10-32)30(35)36)43-19-12-23-26(18(14-40)15-41-27(23)24(34)13-19)42-17-31(7-3-8-31)33(37,38)39/h2,4-6,11-13,15-16,28,30,43-45H,3,7-10,17H2,1H3,(H,41,42)/t28-/m0/s1. The van der Waals surface area contributed by atoms with Crippen LogP contribution in [0.15, 0.2) is 65.5 Å². The Kier molecular flexibility index (Phi) is 7.67. The van der Waals surface area contributed by atoms with Crippen molar-refractivity contribution in [3.8, 4) is 6.07 Å². The summed E-state index contributed by atoms with van der Waals surface area (Å²) in [7, 11) is 1.64. The van der Waals surface area contributed by atoms with Crippen LogP contribution in [0.4, 0.5) is 33.3 Å². The van der Waals surface area contributed by atoms with Gasteiger partial charge in [-0.2, -0.15) is 18.4 Å². The zero-order chi connectivity index (χ0) is 34.0. The molecular weight excluding hydrogens is 655 g/mol. The molecule has 7 rings (SSSR count). The number of hydrogen-bond donors (Lipinski definition) is 4. The average molecular weight is 685 g/mol. The Morgan fingerprint density at radius 3 is 2.54 bits per heavy atom. The molecule has 0 amide bonds. The smallest absolute Gasteiger partial charge is 0.382 e. The highest BCUT2D eigenvalue weighted by atomic mass is 35.5. The molecule has 2 fully saturated rings. The van der Waals surface area contributed by atoms with Gasteiger partial charge in [-0.3, -0.25) is 14.8 Å². The molecule has 2 aromatic carbocycles. The molecule has 4 aromatic rings. The summed E-state index contributed by atoms with van der Waals surface area (Å²) in [6.07, 6.45) is -1.52. The number of rotatable bonds is 9. The number of anilines is 2. The summed E-state index contributed by atoms with van der Waals surface area (Å²) in [6, 6.07) is 11.5. The maximum atomic E-state index is 14.0. The van der Waals surface area contributed by atoms with Gasteiger partial charge in [0.1, 0.15) is 11.6 Å². The Morgan fingerprint density at radius 1 is 1.12 bits per heavy atom. The quantitative estimate of drug-likeness (QED) is 0.142. The summed E-state index contributed by atoms with van der Waals surface area (Å²) >= 11 is 6.71. The second-order valence-electron chi connectivity index (χ2n) is 12.7. The van der Waals surface area contributed by atoms with Crippen molar-refractivity contribution in [1.82, 2.24) is 25.5 Å². The van der Waals surface area contributed by atoms with Gasteiger partial charge in [-0.1, -0.05) is 30.2 Å². The van der Waals surface area contributed by atoms with Crippen molar-refractivity contribution in [2.45, 2.75) is 56.3 Å². The van der Waals surface area contributed by atoms with Crippen LogP contribution >= 0.6 is 11.6 Å². The number of aryl methyl sites for hydroxylation is 1. The zero-order valence-electron chi connectivity index (χ0n) is 25.6. The van der Waals surface area contributed by atoms with Crippen LogP contribution in [0.25, 0.3) is 21.7 Å². The van der Waals surface area contributed by atoms with Gasteiger partial charge in [-0.25, -0.2) is 8.78 Å². The molecular formula is C33H30ClF5N8O. The minimum absolute atomic E-state index is 0.0161. The minimum atomic E-state index is -4.42. The van der Waals surface area contributed by atoms with Gasteiger partial charge in [0.25, 0.3) is 12.0 Å². The maximum absolute atomic E-state index is 14.0. The largest absolute Gasteiger partial charge is 0.396 e. The lowest BCUT2D eigenvalue weighted by Gasteiger charge is -2.43. The van der Waals surface area contributed by atoms with Crippen LogP contribution in [0.5, 0.6) is 0 Å². The molecule has 48 heavy (non-hydrogen) atoms. The number of fused-ring (bicyclic) bond motifs is 2. The summed E-state index contributed by atoms with van der Waals surface area (Å²) in [5.41, 5.74) is 4.40. The number of hydrazine groups is 2. The van der Waals surface area contributed by atoms with E-state index in [-0.39, 0.29) is 40.2 Å². The number of alkyl halides is 5. The third-order valence-electron chi connectivity index (χ3n) is 9.89. The third-order valence-corrected chi connectivity index (χ3v) is 10.2. The minimum Gasteiger partial charge on any atom is -0.382 e. The summed E-state index contributed by atoms with van der Waals surface area (Å²) in [4.78, 5) is 17.4. The van der Waals surface area contributed by atoms with Crippen LogP contribution < -0.4 is 27.2 Å². The van der Waals surface area contributed by atoms with Gasteiger partial charge >= 0.3 is 6.18 Å². The van der Waals surface area contributed by atoms with E-state index in [1.807, 2.05) is 12.1 Å². The Morgan fingerprint density at radius 2 is 1.90 bits per heavy atom. The summed E-state index contributed by atoms with van der Waals surface area (Å²) in [5, 5.41) is 19.1. The van der Waals surface area contributed by atoms with Crippen molar-refractivity contribution in [3.63, 3.8) is 0 Å². The molecule has 0 bridgehead atoms. The predicted molar refractivity (Wildman–Crippen MR) is 172 cm³/mol. The van der Waals surface area contributed by atoms with E-state index in [0.29, 0.717) is 52.4 Å². The van der Waals surface area contributed by atoms with E-state index in [4.69, 9.17) is 11.6 Å². The SMILES string of the molecule is Cn1ccc2c([C@H](Nc3cc(Cl)c4ncc(C#N)c(NCC5(C(F)(F)F)CCC5)c4c3)C3=CN(C4(C(F)F)CC4)NN3)cccc2c1=O. The highest BCUT2D eigenvalue weighted by molar-refractivity contribution is 6.35. The van der Waals surface area contributed by atoms with Crippen molar-refractivity contribution in [3.05, 3.63) is 87.2 Å². The van der Waals surface area contributed by atoms with Crippen LogP contribution in [0.1, 0.15) is 49.3 Å². The number of nitrogens with zero attached hydrogens (tertiary/aromatic N) is 4. The first kappa shape index (κ1) is 32.0.